The fourth-order valence-electron chi connectivity index (χ4n) is 3.21. The van der Waals surface area contributed by atoms with Crippen molar-refractivity contribution in [2.45, 2.75) is 28.4 Å². The fourth-order valence-corrected chi connectivity index (χ4v) is 5.92. The van der Waals surface area contributed by atoms with E-state index in [1.165, 1.54) is 17.8 Å². The van der Waals surface area contributed by atoms with Crippen LogP contribution in [0.1, 0.15) is 28.8 Å². The molecule has 0 atom stereocenters. The highest BCUT2D eigenvalue weighted by Crippen LogP contribution is 2.26. The van der Waals surface area contributed by atoms with Crippen LogP contribution in [0.3, 0.4) is 0 Å². The molecular formula is C21H25ClN2O3S3. The van der Waals surface area contributed by atoms with Gasteiger partial charge in [-0.05, 0) is 55.0 Å². The Balaban J connectivity index is 1.60. The van der Waals surface area contributed by atoms with Gasteiger partial charge in [0.2, 0.25) is 10.0 Å². The molecule has 0 bridgehead atoms. The van der Waals surface area contributed by atoms with Crippen molar-refractivity contribution >= 4 is 51.1 Å². The van der Waals surface area contributed by atoms with Crippen molar-refractivity contribution in [2.75, 3.05) is 31.6 Å². The minimum absolute atomic E-state index is 0.0904. The SMILES string of the molecule is CSc1ccc(S(=O)(=O)NCCSCc2ccc(Cl)cc2)cc1C(=O)N1CCCC1. The molecule has 2 aromatic rings. The van der Waals surface area contributed by atoms with Gasteiger partial charge in [0.25, 0.3) is 5.91 Å². The van der Waals surface area contributed by atoms with E-state index in [1.54, 1.807) is 28.8 Å². The summed E-state index contributed by atoms with van der Waals surface area (Å²) in [5.41, 5.74) is 1.61. The predicted octanol–water partition coefficient (Wildman–Crippen LogP) is 4.51. The molecule has 1 amide bonds. The number of benzene rings is 2. The Morgan fingerprint density at radius 3 is 2.50 bits per heavy atom. The van der Waals surface area contributed by atoms with E-state index in [-0.39, 0.29) is 10.8 Å². The first-order valence-electron chi connectivity index (χ1n) is 9.70. The Kier molecular flexibility index (Phi) is 8.53. The van der Waals surface area contributed by atoms with Gasteiger partial charge in [0.05, 0.1) is 10.5 Å². The molecule has 30 heavy (non-hydrogen) atoms. The van der Waals surface area contributed by atoms with Gasteiger partial charge in [0.15, 0.2) is 0 Å². The number of hydrogen-bond donors (Lipinski definition) is 1. The largest absolute Gasteiger partial charge is 0.339 e. The molecule has 0 unspecified atom stereocenters. The lowest BCUT2D eigenvalue weighted by atomic mass is 10.2. The zero-order valence-corrected chi connectivity index (χ0v) is 20.0. The van der Waals surface area contributed by atoms with Gasteiger partial charge in [0.1, 0.15) is 0 Å². The minimum Gasteiger partial charge on any atom is -0.339 e. The van der Waals surface area contributed by atoms with Crippen LogP contribution in [-0.4, -0.2) is 50.9 Å². The topological polar surface area (TPSA) is 66.5 Å². The van der Waals surface area contributed by atoms with Crippen LogP contribution in [-0.2, 0) is 15.8 Å². The Hall–Kier alpha value is -1.19. The highest BCUT2D eigenvalue weighted by molar-refractivity contribution is 7.98. The summed E-state index contributed by atoms with van der Waals surface area (Å²) in [6.07, 6.45) is 3.88. The summed E-state index contributed by atoms with van der Waals surface area (Å²) < 4.78 is 28.1. The molecule has 0 saturated carbocycles. The average molecular weight is 485 g/mol. The zero-order chi connectivity index (χ0) is 21.6. The average Bonchev–Trinajstić information content (AvgIpc) is 3.28. The van der Waals surface area contributed by atoms with Crippen LogP contribution in [0.2, 0.25) is 5.02 Å². The summed E-state index contributed by atoms with van der Waals surface area (Å²) in [5, 5.41) is 0.701. The van der Waals surface area contributed by atoms with Gasteiger partial charge in [-0.1, -0.05) is 23.7 Å². The summed E-state index contributed by atoms with van der Waals surface area (Å²) in [6.45, 7) is 1.78. The zero-order valence-electron chi connectivity index (χ0n) is 16.8. The number of nitrogens with one attached hydrogen (secondary N) is 1. The quantitative estimate of drug-likeness (QED) is 0.419. The van der Waals surface area contributed by atoms with Gasteiger partial charge in [-0.25, -0.2) is 13.1 Å². The van der Waals surface area contributed by atoms with Crippen LogP contribution >= 0.6 is 35.1 Å². The third kappa shape index (κ3) is 6.17. The second-order valence-electron chi connectivity index (χ2n) is 6.94. The van der Waals surface area contributed by atoms with Crippen molar-refractivity contribution < 1.29 is 13.2 Å². The molecule has 5 nitrogen and oxygen atoms in total. The molecular weight excluding hydrogens is 460 g/mol. The van der Waals surface area contributed by atoms with E-state index in [0.29, 0.717) is 22.9 Å². The van der Waals surface area contributed by atoms with Crippen LogP contribution in [0.4, 0.5) is 0 Å². The van der Waals surface area contributed by atoms with Crippen molar-refractivity contribution in [3.63, 3.8) is 0 Å². The lowest BCUT2D eigenvalue weighted by molar-refractivity contribution is 0.0789. The third-order valence-corrected chi connectivity index (χ3v) is 8.36. The standard InChI is InChI=1S/C21H25ClN2O3S3/c1-28-20-9-8-18(14-19(20)21(25)24-11-2-3-12-24)30(26,27)23-10-13-29-15-16-4-6-17(22)7-5-16/h4-9,14,23H,2-3,10-13,15H2,1H3. The lowest BCUT2D eigenvalue weighted by Crippen LogP contribution is -2.29. The molecule has 0 spiro atoms. The van der Waals surface area contributed by atoms with Crippen molar-refractivity contribution in [3.05, 3.63) is 58.6 Å². The van der Waals surface area contributed by atoms with E-state index in [9.17, 15) is 13.2 Å². The van der Waals surface area contributed by atoms with E-state index < -0.39 is 10.0 Å². The summed E-state index contributed by atoms with van der Waals surface area (Å²) >= 11 is 8.98. The van der Waals surface area contributed by atoms with E-state index in [1.807, 2.05) is 30.5 Å². The molecule has 162 valence electrons. The normalized spacial score (nSPS) is 14.3. The molecule has 1 aliphatic heterocycles. The molecule has 0 radical (unpaired) electrons. The van der Waals surface area contributed by atoms with Gasteiger partial charge >= 0.3 is 0 Å². The number of thioether (sulfide) groups is 2. The molecule has 1 heterocycles. The smallest absolute Gasteiger partial charge is 0.255 e. The minimum atomic E-state index is -3.68. The summed E-state index contributed by atoms with van der Waals surface area (Å²) in [4.78, 5) is 15.6. The number of carbonyl (C=O) groups excluding carboxylic acids is 1. The van der Waals surface area contributed by atoms with Gasteiger partial charge in [-0.3, -0.25) is 4.79 Å². The number of amides is 1. The van der Waals surface area contributed by atoms with Crippen LogP contribution in [0.25, 0.3) is 0 Å². The maximum Gasteiger partial charge on any atom is 0.255 e. The molecule has 1 fully saturated rings. The second-order valence-corrected chi connectivity index (χ2v) is 11.1. The van der Waals surface area contributed by atoms with Crippen LogP contribution < -0.4 is 4.72 Å². The Bertz CT molecular complexity index is 975. The number of halogens is 1. The van der Waals surface area contributed by atoms with Crippen LogP contribution in [0, 0.1) is 0 Å². The molecule has 1 aliphatic rings. The highest BCUT2D eigenvalue weighted by Gasteiger charge is 2.24. The second kappa shape index (κ2) is 10.9. The van der Waals surface area contributed by atoms with Crippen LogP contribution in [0.15, 0.2) is 52.3 Å². The van der Waals surface area contributed by atoms with E-state index in [2.05, 4.69) is 4.72 Å². The number of sulfonamides is 1. The monoisotopic (exact) mass is 484 g/mol. The van der Waals surface area contributed by atoms with Crippen molar-refractivity contribution in [1.82, 2.24) is 9.62 Å². The van der Waals surface area contributed by atoms with E-state index >= 15 is 0 Å². The maximum atomic E-state index is 12.8. The Labute approximate surface area is 192 Å². The first-order valence-corrected chi connectivity index (χ1v) is 13.9. The number of rotatable bonds is 9. The number of carbonyl (C=O) groups is 1. The van der Waals surface area contributed by atoms with Crippen LogP contribution in [0.5, 0.6) is 0 Å². The third-order valence-electron chi connectivity index (χ3n) is 4.83. The first-order chi connectivity index (χ1) is 14.4. The van der Waals surface area contributed by atoms with Crippen molar-refractivity contribution in [1.29, 1.82) is 0 Å². The molecule has 2 aromatic carbocycles. The van der Waals surface area contributed by atoms with E-state index in [4.69, 9.17) is 11.6 Å². The molecule has 1 N–H and O–H groups in total. The van der Waals surface area contributed by atoms with Gasteiger partial charge in [-0.2, -0.15) is 11.8 Å². The fraction of sp³-hybridized carbons (Fsp3) is 0.381. The first kappa shape index (κ1) is 23.5. The Morgan fingerprint density at radius 1 is 1.13 bits per heavy atom. The van der Waals surface area contributed by atoms with Crippen molar-refractivity contribution in [2.24, 2.45) is 0 Å². The van der Waals surface area contributed by atoms with E-state index in [0.717, 1.165) is 42.1 Å². The van der Waals surface area contributed by atoms with Crippen molar-refractivity contribution in [3.8, 4) is 0 Å². The van der Waals surface area contributed by atoms with Gasteiger partial charge < -0.3 is 4.90 Å². The predicted molar refractivity (Wildman–Crippen MR) is 126 cm³/mol. The van der Waals surface area contributed by atoms with Gasteiger partial charge in [0, 0.05) is 41.1 Å². The molecule has 3 rings (SSSR count). The molecule has 0 aliphatic carbocycles. The number of nitrogens with zero attached hydrogens (tertiary/aromatic N) is 1. The molecule has 9 heteroatoms. The summed E-state index contributed by atoms with van der Waals surface area (Å²) in [6, 6.07) is 12.4. The summed E-state index contributed by atoms with van der Waals surface area (Å²) in [5.74, 6) is 1.34. The maximum absolute atomic E-state index is 12.8. The Morgan fingerprint density at radius 2 is 1.83 bits per heavy atom. The number of likely N-dealkylation sites (tertiary alicyclic amines) is 1. The lowest BCUT2D eigenvalue weighted by Gasteiger charge is -2.18. The molecule has 0 aromatic heterocycles. The highest BCUT2D eigenvalue weighted by atomic mass is 35.5. The van der Waals surface area contributed by atoms with Gasteiger partial charge in [-0.15, -0.1) is 11.8 Å². The number of hydrogen-bond acceptors (Lipinski definition) is 5. The molecule has 1 saturated heterocycles. The summed E-state index contributed by atoms with van der Waals surface area (Å²) in [7, 11) is -3.68.